The number of aliphatic hydroxyl groups excluding tert-OH is 1. The summed E-state index contributed by atoms with van der Waals surface area (Å²) >= 11 is 0. The molecule has 2 N–H and O–H groups in total. The highest BCUT2D eigenvalue weighted by molar-refractivity contribution is 5.86. The molecule has 0 unspecified atom stereocenters. The number of rotatable bonds is 2. The Hall–Kier alpha value is -2.39. The number of nitrogens with one attached hydrogen (secondary N) is 1. The van der Waals surface area contributed by atoms with Crippen LogP contribution >= 0.6 is 0 Å². The Morgan fingerprint density at radius 3 is 2.70 bits per heavy atom. The predicted octanol–water partition coefficient (Wildman–Crippen LogP) is 3.00. The topological polar surface area (TPSA) is 53.1 Å². The molecule has 3 nitrogen and oxygen atoms in total. The van der Waals surface area contributed by atoms with Crippen molar-refractivity contribution in [2.24, 2.45) is 0 Å². The largest absolute Gasteiger partial charge is 0.392 e. The number of aromatic amines is 1. The molecule has 0 aliphatic heterocycles. The van der Waals surface area contributed by atoms with Crippen molar-refractivity contribution in [2.75, 3.05) is 0 Å². The van der Waals surface area contributed by atoms with E-state index in [0.29, 0.717) is 5.39 Å². The summed E-state index contributed by atoms with van der Waals surface area (Å²) in [5.41, 5.74) is 3.35. The fourth-order valence-corrected chi connectivity index (χ4v) is 2.44. The first-order valence-corrected chi connectivity index (χ1v) is 6.52. The molecule has 0 fully saturated rings. The number of hydrogen-bond acceptors (Lipinski definition) is 2. The van der Waals surface area contributed by atoms with Crippen molar-refractivity contribution in [2.45, 2.75) is 13.5 Å². The van der Waals surface area contributed by atoms with Crippen LogP contribution in [0, 0.1) is 6.92 Å². The molecule has 3 heteroatoms. The highest BCUT2D eigenvalue weighted by Crippen LogP contribution is 2.24. The summed E-state index contributed by atoms with van der Waals surface area (Å²) in [5.74, 6) is 0. The smallest absolute Gasteiger partial charge is 0.256 e. The predicted molar refractivity (Wildman–Crippen MR) is 80.7 cm³/mol. The fourth-order valence-electron chi connectivity index (χ4n) is 2.44. The van der Waals surface area contributed by atoms with Gasteiger partial charge in [-0.3, -0.25) is 4.79 Å². The molecule has 0 atom stereocenters. The highest BCUT2D eigenvalue weighted by atomic mass is 16.3. The quantitative estimate of drug-likeness (QED) is 0.748. The number of fused-ring (bicyclic) bond motifs is 1. The Kier molecular flexibility index (Phi) is 3.12. The summed E-state index contributed by atoms with van der Waals surface area (Å²) in [5, 5.41) is 11.0. The minimum Gasteiger partial charge on any atom is -0.392 e. The van der Waals surface area contributed by atoms with Gasteiger partial charge in [0.1, 0.15) is 0 Å². The van der Waals surface area contributed by atoms with Crippen LogP contribution in [0.3, 0.4) is 0 Å². The summed E-state index contributed by atoms with van der Waals surface area (Å²) in [7, 11) is 0. The Morgan fingerprint density at radius 2 is 1.90 bits per heavy atom. The van der Waals surface area contributed by atoms with Gasteiger partial charge in [0.25, 0.3) is 5.56 Å². The lowest BCUT2D eigenvalue weighted by Gasteiger charge is -2.08. The fraction of sp³-hybridized carbons (Fsp3) is 0.118. The Labute approximate surface area is 116 Å². The normalized spacial score (nSPS) is 10.9. The van der Waals surface area contributed by atoms with E-state index < -0.39 is 0 Å². The standard InChI is InChI=1S/C17H15NO2/c1-11-6-7-12-9-16(18-17(20)15(12)8-11)14-5-3-2-4-13(14)10-19/h2-9,19H,10H2,1H3,(H,18,20). The van der Waals surface area contributed by atoms with Gasteiger partial charge in [-0.1, -0.05) is 42.0 Å². The monoisotopic (exact) mass is 265 g/mol. The number of hydrogen-bond donors (Lipinski definition) is 2. The maximum Gasteiger partial charge on any atom is 0.256 e. The molecule has 100 valence electrons. The molecule has 1 heterocycles. The van der Waals surface area contributed by atoms with Crippen LogP contribution in [0.1, 0.15) is 11.1 Å². The molecular weight excluding hydrogens is 250 g/mol. The van der Waals surface area contributed by atoms with Crippen LogP contribution < -0.4 is 5.56 Å². The van der Waals surface area contributed by atoms with Gasteiger partial charge in [-0.25, -0.2) is 0 Å². The summed E-state index contributed by atoms with van der Waals surface area (Å²) in [4.78, 5) is 15.1. The first-order chi connectivity index (χ1) is 9.69. The maximum absolute atomic E-state index is 12.2. The third-order valence-electron chi connectivity index (χ3n) is 3.48. The molecule has 20 heavy (non-hydrogen) atoms. The van der Waals surface area contributed by atoms with E-state index in [1.54, 1.807) is 0 Å². The molecule has 0 aliphatic rings. The molecule has 0 spiro atoms. The second kappa shape index (κ2) is 4.94. The molecule has 0 saturated heterocycles. The Balaban J connectivity index is 2.28. The molecule has 3 aromatic rings. The average Bonchev–Trinajstić information content (AvgIpc) is 2.47. The number of aryl methyl sites for hydroxylation is 1. The molecule has 0 radical (unpaired) electrons. The summed E-state index contributed by atoms with van der Waals surface area (Å²) in [6.45, 7) is 1.91. The van der Waals surface area contributed by atoms with Gasteiger partial charge in [0.2, 0.25) is 0 Å². The van der Waals surface area contributed by atoms with Gasteiger partial charge in [-0.15, -0.1) is 0 Å². The van der Waals surface area contributed by atoms with Crippen LogP contribution in [0.5, 0.6) is 0 Å². The third kappa shape index (κ3) is 2.12. The van der Waals surface area contributed by atoms with Gasteiger partial charge >= 0.3 is 0 Å². The minimum absolute atomic E-state index is 0.0514. The van der Waals surface area contributed by atoms with Gasteiger partial charge in [-0.05, 0) is 30.0 Å². The van der Waals surface area contributed by atoms with Gasteiger partial charge in [-0.2, -0.15) is 0 Å². The second-order valence-electron chi connectivity index (χ2n) is 4.92. The lowest BCUT2D eigenvalue weighted by Crippen LogP contribution is -2.08. The van der Waals surface area contributed by atoms with Crippen molar-refractivity contribution >= 4 is 10.8 Å². The van der Waals surface area contributed by atoms with Crippen molar-refractivity contribution in [1.29, 1.82) is 0 Å². The van der Waals surface area contributed by atoms with Crippen LogP contribution in [-0.2, 0) is 6.61 Å². The molecule has 0 amide bonds. The van der Waals surface area contributed by atoms with E-state index in [-0.39, 0.29) is 12.2 Å². The number of aromatic nitrogens is 1. The van der Waals surface area contributed by atoms with Gasteiger partial charge in [0.15, 0.2) is 0 Å². The Morgan fingerprint density at radius 1 is 1.10 bits per heavy atom. The molecule has 3 rings (SSSR count). The maximum atomic E-state index is 12.2. The lowest BCUT2D eigenvalue weighted by atomic mass is 10.0. The number of H-pyrrole nitrogens is 1. The number of benzene rings is 2. The molecule has 0 saturated carbocycles. The zero-order valence-corrected chi connectivity index (χ0v) is 11.2. The second-order valence-corrected chi connectivity index (χ2v) is 4.92. The minimum atomic E-state index is -0.103. The SMILES string of the molecule is Cc1ccc2cc(-c3ccccc3CO)[nH]c(=O)c2c1. The average molecular weight is 265 g/mol. The van der Waals surface area contributed by atoms with Gasteiger partial charge in [0.05, 0.1) is 6.61 Å². The van der Waals surface area contributed by atoms with Crippen LogP contribution in [0.25, 0.3) is 22.0 Å². The first-order valence-electron chi connectivity index (χ1n) is 6.52. The molecule has 2 aromatic carbocycles. The zero-order valence-electron chi connectivity index (χ0n) is 11.2. The van der Waals surface area contributed by atoms with E-state index in [0.717, 1.165) is 27.8 Å². The van der Waals surface area contributed by atoms with E-state index in [1.165, 1.54) is 0 Å². The highest BCUT2D eigenvalue weighted by Gasteiger charge is 2.07. The van der Waals surface area contributed by atoms with Crippen molar-refractivity contribution in [1.82, 2.24) is 4.98 Å². The number of aliphatic hydroxyl groups is 1. The third-order valence-corrected chi connectivity index (χ3v) is 3.48. The van der Waals surface area contributed by atoms with E-state index in [9.17, 15) is 9.90 Å². The van der Waals surface area contributed by atoms with Crippen LogP contribution in [0.15, 0.2) is 53.3 Å². The van der Waals surface area contributed by atoms with Crippen LogP contribution in [0.2, 0.25) is 0 Å². The molecular formula is C17H15NO2. The van der Waals surface area contributed by atoms with Crippen LogP contribution in [0.4, 0.5) is 0 Å². The summed E-state index contributed by atoms with van der Waals surface area (Å²) in [6.07, 6.45) is 0. The van der Waals surface area contributed by atoms with Crippen molar-refractivity contribution in [3.05, 3.63) is 70.0 Å². The van der Waals surface area contributed by atoms with Crippen LogP contribution in [-0.4, -0.2) is 10.1 Å². The van der Waals surface area contributed by atoms with Gasteiger partial charge in [0, 0.05) is 16.6 Å². The Bertz CT molecular complexity index is 834. The van der Waals surface area contributed by atoms with Crippen molar-refractivity contribution in [3.8, 4) is 11.3 Å². The van der Waals surface area contributed by atoms with E-state index >= 15 is 0 Å². The molecule has 0 aliphatic carbocycles. The molecule has 1 aromatic heterocycles. The lowest BCUT2D eigenvalue weighted by molar-refractivity contribution is 0.282. The molecule has 0 bridgehead atoms. The van der Waals surface area contributed by atoms with E-state index in [1.807, 2.05) is 55.5 Å². The summed E-state index contributed by atoms with van der Waals surface area (Å²) in [6, 6.07) is 15.3. The van der Waals surface area contributed by atoms with E-state index in [4.69, 9.17) is 0 Å². The first kappa shape index (κ1) is 12.6. The van der Waals surface area contributed by atoms with Crippen molar-refractivity contribution in [3.63, 3.8) is 0 Å². The van der Waals surface area contributed by atoms with E-state index in [2.05, 4.69) is 4.98 Å². The number of pyridine rings is 1. The summed E-state index contributed by atoms with van der Waals surface area (Å²) < 4.78 is 0. The van der Waals surface area contributed by atoms with Gasteiger partial charge < -0.3 is 10.1 Å². The van der Waals surface area contributed by atoms with Crippen molar-refractivity contribution < 1.29 is 5.11 Å². The zero-order chi connectivity index (χ0) is 14.1.